The molecule has 126 valence electrons. The lowest BCUT2D eigenvalue weighted by atomic mass is 10.1. The first kappa shape index (κ1) is 17.1. The molecule has 0 radical (unpaired) electrons. The number of carbonyl (C=O) groups excluding carboxylic acids is 2. The molecular formula is C16H20FNO5. The first-order valence-electron chi connectivity index (χ1n) is 7.40. The summed E-state index contributed by atoms with van der Waals surface area (Å²) in [5.74, 6) is -2.54. The van der Waals surface area contributed by atoms with E-state index in [0.29, 0.717) is 5.56 Å². The highest BCUT2D eigenvalue weighted by Crippen LogP contribution is 2.37. The third-order valence-corrected chi connectivity index (χ3v) is 3.85. The number of hydrogen-bond donors (Lipinski definition) is 1. The summed E-state index contributed by atoms with van der Waals surface area (Å²) in [6.45, 7) is 3.86. The van der Waals surface area contributed by atoms with Crippen LogP contribution in [0.1, 0.15) is 31.4 Å². The summed E-state index contributed by atoms with van der Waals surface area (Å²) >= 11 is 0. The normalized spacial score (nSPS) is 14.3. The second-order valence-corrected chi connectivity index (χ2v) is 5.49. The SMILES string of the molecule is CCOC(=O)[C@@H](C)CC(=O)N1Cc2cc(OC)c(O)c(F)c2C1. The molecule has 0 saturated heterocycles. The number of halogens is 1. The van der Waals surface area contributed by atoms with Gasteiger partial charge in [-0.25, -0.2) is 4.39 Å². The molecule has 1 amide bonds. The highest BCUT2D eigenvalue weighted by Gasteiger charge is 2.31. The van der Waals surface area contributed by atoms with Crippen molar-refractivity contribution in [3.63, 3.8) is 0 Å². The highest BCUT2D eigenvalue weighted by atomic mass is 19.1. The van der Waals surface area contributed by atoms with Crippen LogP contribution in [0.25, 0.3) is 0 Å². The minimum atomic E-state index is -0.770. The number of nitrogens with zero attached hydrogens (tertiary/aromatic N) is 1. The molecule has 1 aromatic rings. The molecule has 0 aliphatic carbocycles. The molecule has 7 heteroatoms. The number of ether oxygens (including phenoxy) is 2. The molecule has 0 unspecified atom stereocenters. The first-order valence-corrected chi connectivity index (χ1v) is 7.40. The minimum absolute atomic E-state index is 0.00242. The fourth-order valence-electron chi connectivity index (χ4n) is 2.56. The van der Waals surface area contributed by atoms with E-state index < -0.39 is 23.5 Å². The van der Waals surface area contributed by atoms with E-state index in [-0.39, 0.29) is 43.3 Å². The van der Waals surface area contributed by atoms with Crippen molar-refractivity contribution in [3.05, 3.63) is 23.0 Å². The van der Waals surface area contributed by atoms with Crippen LogP contribution in [0.4, 0.5) is 4.39 Å². The van der Waals surface area contributed by atoms with Gasteiger partial charge in [-0.15, -0.1) is 0 Å². The molecule has 2 rings (SSSR count). The van der Waals surface area contributed by atoms with Crippen molar-refractivity contribution >= 4 is 11.9 Å². The van der Waals surface area contributed by atoms with Crippen molar-refractivity contribution in [1.29, 1.82) is 0 Å². The van der Waals surface area contributed by atoms with E-state index in [2.05, 4.69) is 0 Å². The van der Waals surface area contributed by atoms with Gasteiger partial charge in [0.2, 0.25) is 5.91 Å². The van der Waals surface area contributed by atoms with Gasteiger partial charge in [0.25, 0.3) is 0 Å². The van der Waals surface area contributed by atoms with Crippen molar-refractivity contribution in [2.75, 3.05) is 13.7 Å². The van der Waals surface area contributed by atoms with Gasteiger partial charge in [-0.2, -0.15) is 0 Å². The molecule has 1 heterocycles. The van der Waals surface area contributed by atoms with Crippen LogP contribution in [-0.4, -0.2) is 35.6 Å². The van der Waals surface area contributed by atoms with Crippen molar-refractivity contribution in [2.24, 2.45) is 5.92 Å². The van der Waals surface area contributed by atoms with Crippen LogP contribution in [0.2, 0.25) is 0 Å². The van der Waals surface area contributed by atoms with E-state index in [1.807, 2.05) is 0 Å². The van der Waals surface area contributed by atoms with E-state index in [4.69, 9.17) is 9.47 Å². The van der Waals surface area contributed by atoms with Gasteiger partial charge in [-0.3, -0.25) is 9.59 Å². The van der Waals surface area contributed by atoms with E-state index in [0.717, 1.165) is 0 Å². The Bertz CT molecular complexity index is 631. The Balaban J connectivity index is 2.09. The molecule has 1 aliphatic rings. The molecule has 1 atom stereocenters. The smallest absolute Gasteiger partial charge is 0.309 e. The Morgan fingerprint density at radius 3 is 2.74 bits per heavy atom. The number of phenolic OH excluding ortho intramolecular Hbond substituents is 1. The Kier molecular flexibility index (Phi) is 5.08. The molecule has 23 heavy (non-hydrogen) atoms. The first-order chi connectivity index (χ1) is 10.9. The average Bonchev–Trinajstić information content (AvgIpc) is 2.95. The summed E-state index contributed by atoms with van der Waals surface area (Å²) in [6, 6.07) is 1.52. The summed E-state index contributed by atoms with van der Waals surface area (Å²) in [5.41, 5.74) is 0.870. The van der Waals surface area contributed by atoms with E-state index in [9.17, 15) is 19.1 Å². The largest absolute Gasteiger partial charge is 0.502 e. The van der Waals surface area contributed by atoms with Crippen LogP contribution in [-0.2, 0) is 27.4 Å². The summed E-state index contributed by atoms with van der Waals surface area (Å²) < 4.78 is 23.9. The second-order valence-electron chi connectivity index (χ2n) is 5.49. The fourth-order valence-corrected chi connectivity index (χ4v) is 2.56. The number of methoxy groups -OCH3 is 1. The summed E-state index contributed by atoms with van der Waals surface area (Å²) in [6.07, 6.45) is -0.00242. The standard InChI is InChI=1S/C16H20FNO5/c1-4-23-16(21)9(2)5-13(19)18-7-10-6-12(22-3)15(20)14(17)11(10)8-18/h6,9,20H,4-5,7-8H2,1-3H3/t9-/m0/s1. The van der Waals surface area contributed by atoms with Crippen molar-refractivity contribution in [1.82, 2.24) is 4.90 Å². The van der Waals surface area contributed by atoms with E-state index in [1.165, 1.54) is 18.1 Å². The predicted molar refractivity (Wildman–Crippen MR) is 79.3 cm³/mol. The zero-order chi connectivity index (χ0) is 17.1. The lowest BCUT2D eigenvalue weighted by Crippen LogP contribution is -2.29. The number of esters is 1. The van der Waals surface area contributed by atoms with Gasteiger partial charge in [0.05, 0.1) is 19.6 Å². The van der Waals surface area contributed by atoms with Crippen LogP contribution in [0.3, 0.4) is 0 Å². The van der Waals surface area contributed by atoms with Gasteiger partial charge in [0.1, 0.15) is 0 Å². The lowest BCUT2D eigenvalue weighted by molar-refractivity contribution is -0.150. The Labute approximate surface area is 133 Å². The quantitative estimate of drug-likeness (QED) is 0.838. The maximum Gasteiger partial charge on any atom is 0.309 e. The molecule has 1 aliphatic heterocycles. The number of rotatable bonds is 5. The van der Waals surface area contributed by atoms with Crippen molar-refractivity contribution < 1.29 is 28.6 Å². The zero-order valence-electron chi connectivity index (χ0n) is 13.4. The molecular weight excluding hydrogens is 305 g/mol. The van der Waals surface area contributed by atoms with Gasteiger partial charge in [-0.05, 0) is 18.6 Å². The number of hydrogen-bond acceptors (Lipinski definition) is 5. The van der Waals surface area contributed by atoms with Crippen LogP contribution in [0.15, 0.2) is 6.07 Å². The van der Waals surface area contributed by atoms with Gasteiger partial charge < -0.3 is 19.5 Å². The number of aromatic hydroxyl groups is 1. The van der Waals surface area contributed by atoms with Gasteiger partial charge in [-0.1, -0.05) is 6.92 Å². The van der Waals surface area contributed by atoms with Crippen LogP contribution < -0.4 is 4.74 Å². The number of fused-ring (bicyclic) bond motifs is 1. The topological polar surface area (TPSA) is 76.1 Å². The highest BCUT2D eigenvalue weighted by molar-refractivity contribution is 5.83. The molecule has 1 aromatic carbocycles. The molecule has 0 aromatic heterocycles. The average molecular weight is 325 g/mol. The number of phenols is 1. The summed E-state index contributed by atoms with van der Waals surface area (Å²) in [7, 11) is 1.33. The fraction of sp³-hybridized carbons (Fsp3) is 0.500. The van der Waals surface area contributed by atoms with Crippen LogP contribution >= 0.6 is 0 Å². The van der Waals surface area contributed by atoms with E-state index in [1.54, 1.807) is 13.8 Å². The van der Waals surface area contributed by atoms with Gasteiger partial charge in [0.15, 0.2) is 17.3 Å². The second kappa shape index (κ2) is 6.85. The Hall–Kier alpha value is -2.31. The minimum Gasteiger partial charge on any atom is -0.502 e. The zero-order valence-corrected chi connectivity index (χ0v) is 13.4. The van der Waals surface area contributed by atoms with Gasteiger partial charge >= 0.3 is 5.97 Å². The summed E-state index contributed by atoms with van der Waals surface area (Å²) in [4.78, 5) is 25.3. The monoisotopic (exact) mass is 325 g/mol. The van der Waals surface area contributed by atoms with Crippen LogP contribution in [0.5, 0.6) is 11.5 Å². The maximum absolute atomic E-state index is 14.1. The Morgan fingerprint density at radius 1 is 1.43 bits per heavy atom. The molecule has 0 fully saturated rings. The molecule has 1 N–H and O–H groups in total. The van der Waals surface area contributed by atoms with Crippen LogP contribution in [0, 0.1) is 11.7 Å². The van der Waals surface area contributed by atoms with Crippen molar-refractivity contribution in [3.8, 4) is 11.5 Å². The molecule has 0 spiro atoms. The number of carbonyl (C=O) groups is 2. The maximum atomic E-state index is 14.1. The summed E-state index contributed by atoms with van der Waals surface area (Å²) in [5, 5.41) is 9.70. The molecule has 0 bridgehead atoms. The number of benzene rings is 1. The lowest BCUT2D eigenvalue weighted by Gasteiger charge is -2.17. The number of amides is 1. The molecule has 6 nitrogen and oxygen atoms in total. The molecule has 0 saturated carbocycles. The van der Waals surface area contributed by atoms with Crippen molar-refractivity contribution in [2.45, 2.75) is 33.4 Å². The third kappa shape index (κ3) is 3.38. The Morgan fingerprint density at radius 2 is 2.13 bits per heavy atom. The van der Waals surface area contributed by atoms with Gasteiger partial charge in [0, 0.05) is 25.1 Å². The predicted octanol–water partition coefficient (Wildman–Crippen LogP) is 1.97. The van der Waals surface area contributed by atoms with E-state index >= 15 is 0 Å². The third-order valence-electron chi connectivity index (χ3n) is 3.85.